The van der Waals surface area contributed by atoms with Gasteiger partial charge >= 0.3 is 0 Å². The second-order valence-corrected chi connectivity index (χ2v) is 14.6. The fourth-order valence-electron chi connectivity index (χ4n) is 7.12. The van der Waals surface area contributed by atoms with Crippen molar-refractivity contribution in [1.82, 2.24) is 9.36 Å². The lowest BCUT2D eigenvalue weighted by molar-refractivity contribution is 1.17. The van der Waals surface area contributed by atoms with Crippen LogP contribution in [-0.4, -0.2) is 9.36 Å². The van der Waals surface area contributed by atoms with Crippen LogP contribution < -0.4 is 4.90 Å². The number of para-hydroxylation sites is 1. The Balaban J connectivity index is 1.00. The largest absolute Gasteiger partial charge is 0.308 e. The van der Waals surface area contributed by atoms with Gasteiger partial charge in [-0.25, -0.2) is 4.98 Å². The molecule has 0 aliphatic carbocycles. The number of anilines is 3. The Labute approximate surface area is 304 Å². The fourth-order valence-corrected chi connectivity index (χ4v) is 8.90. The number of fused-ring (bicyclic) bond motifs is 4. The second kappa shape index (κ2) is 12.4. The summed E-state index contributed by atoms with van der Waals surface area (Å²) in [4.78, 5) is 9.92. The van der Waals surface area contributed by atoms with Crippen LogP contribution in [0.4, 0.5) is 17.1 Å². The lowest BCUT2D eigenvalue weighted by atomic mass is 9.97. The quantitative estimate of drug-likeness (QED) is 0.180. The van der Waals surface area contributed by atoms with Crippen LogP contribution in [0.25, 0.3) is 65.8 Å². The maximum atomic E-state index is 5.07. The maximum absolute atomic E-state index is 5.07. The molecule has 3 nitrogen and oxygen atoms in total. The van der Waals surface area contributed by atoms with Crippen LogP contribution in [0.15, 0.2) is 186 Å². The summed E-state index contributed by atoms with van der Waals surface area (Å²) >= 11 is 3.28. The minimum absolute atomic E-state index is 0.744. The fraction of sp³-hybridized carbons (Fsp3) is 0. The molecule has 1 aromatic heterocycles. The molecule has 1 aliphatic heterocycles. The van der Waals surface area contributed by atoms with E-state index in [1.807, 2.05) is 11.8 Å². The van der Waals surface area contributed by atoms with Gasteiger partial charge in [-0.3, -0.25) is 0 Å². The summed E-state index contributed by atoms with van der Waals surface area (Å²) in [5, 5.41) is 5.88. The Kier molecular flexibility index (Phi) is 7.26. The van der Waals surface area contributed by atoms with E-state index in [2.05, 4.69) is 181 Å². The molecule has 0 atom stereocenters. The molecule has 0 saturated heterocycles. The van der Waals surface area contributed by atoms with Crippen LogP contribution in [0.1, 0.15) is 0 Å². The summed E-state index contributed by atoms with van der Waals surface area (Å²) in [6.45, 7) is 0. The monoisotopic (exact) mass is 687 g/mol. The first-order valence-corrected chi connectivity index (χ1v) is 18.6. The van der Waals surface area contributed by atoms with Gasteiger partial charge < -0.3 is 4.90 Å². The van der Waals surface area contributed by atoms with Gasteiger partial charge in [-0.2, -0.15) is 4.37 Å². The van der Waals surface area contributed by atoms with Crippen LogP contribution in [0.5, 0.6) is 0 Å². The van der Waals surface area contributed by atoms with Crippen LogP contribution >= 0.6 is 23.3 Å². The van der Waals surface area contributed by atoms with Gasteiger partial charge in [-0.15, -0.1) is 0 Å². The number of hydrogen-bond donors (Lipinski definition) is 0. The number of benzene rings is 8. The van der Waals surface area contributed by atoms with Crippen molar-refractivity contribution in [1.29, 1.82) is 0 Å². The minimum atomic E-state index is 0.744. The molecule has 0 N–H and O–H groups in total. The van der Waals surface area contributed by atoms with E-state index >= 15 is 0 Å². The normalized spacial score (nSPS) is 12.2. The van der Waals surface area contributed by atoms with Gasteiger partial charge in [0.05, 0.1) is 11.4 Å². The molecule has 0 bridgehead atoms. The average molecular weight is 688 g/mol. The third-order valence-corrected chi connectivity index (χ3v) is 11.5. The van der Waals surface area contributed by atoms with Gasteiger partial charge in [0.15, 0.2) is 5.82 Å². The first-order chi connectivity index (χ1) is 25.2. The number of rotatable bonds is 5. The van der Waals surface area contributed by atoms with Crippen LogP contribution in [-0.2, 0) is 0 Å². The molecule has 10 rings (SSSR count). The molecule has 0 amide bonds. The van der Waals surface area contributed by atoms with Crippen molar-refractivity contribution in [3.8, 4) is 44.2 Å². The van der Waals surface area contributed by atoms with Crippen molar-refractivity contribution < 1.29 is 0 Å². The number of nitrogens with zero attached hydrogens (tertiary/aromatic N) is 3. The molecule has 2 heterocycles. The van der Waals surface area contributed by atoms with Crippen molar-refractivity contribution in [2.75, 3.05) is 4.90 Å². The highest BCUT2D eigenvalue weighted by molar-refractivity contribution is 7.99. The summed E-state index contributed by atoms with van der Waals surface area (Å²) in [7, 11) is 0. The molecule has 240 valence electrons. The van der Waals surface area contributed by atoms with Gasteiger partial charge in [-0.05, 0) is 104 Å². The van der Waals surface area contributed by atoms with Crippen molar-refractivity contribution in [2.24, 2.45) is 0 Å². The molecule has 0 radical (unpaired) electrons. The van der Waals surface area contributed by atoms with Crippen LogP contribution in [0, 0.1) is 0 Å². The Morgan fingerprint density at radius 2 is 1.14 bits per heavy atom. The van der Waals surface area contributed by atoms with Gasteiger partial charge in [0.1, 0.15) is 5.01 Å². The Morgan fingerprint density at radius 3 is 2.10 bits per heavy atom. The molecular formula is C46H29N3S2. The van der Waals surface area contributed by atoms with E-state index in [9.17, 15) is 0 Å². The molecule has 0 spiro atoms. The summed E-state index contributed by atoms with van der Waals surface area (Å²) in [5.74, 6) is 0.744. The molecule has 5 heteroatoms. The maximum Gasteiger partial charge on any atom is 0.173 e. The molecule has 0 saturated carbocycles. The van der Waals surface area contributed by atoms with Crippen LogP contribution in [0.3, 0.4) is 0 Å². The van der Waals surface area contributed by atoms with E-state index in [4.69, 9.17) is 9.36 Å². The van der Waals surface area contributed by atoms with Gasteiger partial charge in [0.2, 0.25) is 0 Å². The third kappa shape index (κ3) is 5.39. The summed E-state index contributed by atoms with van der Waals surface area (Å²) in [6.07, 6.45) is 0. The summed E-state index contributed by atoms with van der Waals surface area (Å²) in [5.41, 5.74) is 10.3. The Bertz CT molecular complexity index is 2760. The van der Waals surface area contributed by atoms with Gasteiger partial charge in [0.25, 0.3) is 0 Å². The van der Waals surface area contributed by atoms with Crippen molar-refractivity contribution >= 4 is 61.9 Å². The van der Waals surface area contributed by atoms with Gasteiger partial charge in [0, 0.05) is 26.6 Å². The lowest BCUT2D eigenvalue weighted by Gasteiger charge is -2.33. The Morgan fingerprint density at radius 1 is 0.431 bits per heavy atom. The molecule has 0 fully saturated rings. The predicted molar refractivity (Wildman–Crippen MR) is 215 cm³/mol. The van der Waals surface area contributed by atoms with E-state index in [0.29, 0.717) is 0 Å². The lowest BCUT2D eigenvalue weighted by Crippen LogP contribution is -2.14. The van der Waals surface area contributed by atoms with E-state index in [1.165, 1.54) is 70.9 Å². The first-order valence-electron chi connectivity index (χ1n) is 17.0. The van der Waals surface area contributed by atoms with Crippen LogP contribution in [0.2, 0.25) is 0 Å². The van der Waals surface area contributed by atoms with Crippen molar-refractivity contribution in [2.45, 2.75) is 9.79 Å². The standard InChI is InChI=1S/C46H29N3S2/c1-2-12-32-26-33(23-22-30(32)10-1)34-24-25-42-44(29-34)50-43-21-6-5-20-41(43)49(42)38-17-8-16-37(28-38)46-47-45(48-51-46)36-15-7-14-35(27-36)40-19-9-13-31-11-3-4-18-39(31)40/h1-29H. The zero-order chi connectivity index (χ0) is 33.7. The van der Waals surface area contributed by atoms with Crippen molar-refractivity contribution in [3.63, 3.8) is 0 Å². The smallest absolute Gasteiger partial charge is 0.173 e. The SMILES string of the molecule is c1cc(-c2nsc(-c3cccc(N4c5ccccc5Sc5cc(-c6ccc7ccccc7c6)ccc54)c3)n2)cc(-c2cccc3ccccc23)c1. The highest BCUT2D eigenvalue weighted by Gasteiger charge is 2.25. The molecule has 0 unspecified atom stereocenters. The molecule has 9 aromatic rings. The number of aromatic nitrogens is 2. The minimum Gasteiger partial charge on any atom is -0.308 e. The predicted octanol–water partition coefficient (Wildman–Crippen LogP) is 13.4. The van der Waals surface area contributed by atoms with E-state index in [1.54, 1.807) is 0 Å². The average Bonchev–Trinajstić information content (AvgIpc) is 3.70. The van der Waals surface area contributed by atoms with E-state index < -0.39 is 0 Å². The first kappa shape index (κ1) is 29.9. The zero-order valence-corrected chi connectivity index (χ0v) is 29.0. The second-order valence-electron chi connectivity index (χ2n) is 12.7. The molecule has 8 aromatic carbocycles. The highest BCUT2D eigenvalue weighted by Crippen LogP contribution is 2.52. The van der Waals surface area contributed by atoms with Gasteiger partial charge in [-0.1, -0.05) is 139 Å². The summed E-state index contributed by atoms with van der Waals surface area (Å²) < 4.78 is 4.85. The molecule has 1 aliphatic rings. The van der Waals surface area contributed by atoms with E-state index in [0.717, 1.165) is 33.2 Å². The topological polar surface area (TPSA) is 29.0 Å². The molecule has 51 heavy (non-hydrogen) atoms. The third-order valence-electron chi connectivity index (χ3n) is 9.61. The molecular weight excluding hydrogens is 659 g/mol. The zero-order valence-electron chi connectivity index (χ0n) is 27.4. The Hall–Kier alpha value is -6.01. The van der Waals surface area contributed by atoms with E-state index in [-0.39, 0.29) is 0 Å². The van der Waals surface area contributed by atoms with Crippen molar-refractivity contribution in [3.05, 3.63) is 176 Å². The summed E-state index contributed by atoms with van der Waals surface area (Å²) in [6, 6.07) is 63.0. The highest BCUT2D eigenvalue weighted by atomic mass is 32.2. The number of hydrogen-bond acceptors (Lipinski definition) is 5.